The second-order valence-corrected chi connectivity index (χ2v) is 2.88. The summed E-state index contributed by atoms with van der Waals surface area (Å²) in [5.74, 6) is -10.1. The van der Waals surface area contributed by atoms with Crippen molar-refractivity contribution in [1.82, 2.24) is 0 Å². The lowest BCUT2D eigenvalue weighted by molar-refractivity contribution is -0.0959. The van der Waals surface area contributed by atoms with Gasteiger partial charge < -0.3 is 0 Å². The number of carbonyl (C=O) groups is 1. The van der Waals surface area contributed by atoms with Crippen LogP contribution in [0.15, 0.2) is 18.2 Å². The summed E-state index contributed by atoms with van der Waals surface area (Å²) in [6.07, 6.45) is -4.25. The number of halogens is 6. The van der Waals surface area contributed by atoms with Gasteiger partial charge in [-0.25, -0.2) is 17.6 Å². The molecule has 0 fully saturated rings. The van der Waals surface area contributed by atoms with Gasteiger partial charge in [-0.05, 0) is 12.1 Å². The summed E-state index contributed by atoms with van der Waals surface area (Å²) in [6.45, 7) is 0. The Kier molecular flexibility index (Phi) is 3.25. The zero-order valence-electron chi connectivity index (χ0n) is 7.49. The largest absolute Gasteiger partial charge is 0.368 e. The Balaban J connectivity index is 3.15. The Bertz CT molecular complexity index is 414. The van der Waals surface area contributed by atoms with Gasteiger partial charge >= 0.3 is 12.3 Å². The molecule has 1 aromatic carbocycles. The summed E-state index contributed by atoms with van der Waals surface area (Å²) in [4.78, 5) is 10.8. The van der Waals surface area contributed by atoms with Gasteiger partial charge in [0.2, 0.25) is 5.78 Å². The van der Waals surface area contributed by atoms with Crippen LogP contribution in [0, 0.1) is 11.6 Å². The number of rotatable bonds is 3. The van der Waals surface area contributed by atoms with Crippen LogP contribution in [0.5, 0.6) is 0 Å². The van der Waals surface area contributed by atoms with Crippen molar-refractivity contribution in [3.8, 4) is 0 Å². The predicted molar refractivity (Wildman–Crippen MR) is 41.6 cm³/mol. The number of hydrogen-bond donors (Lipinski definition) is 0. The summed E-state index contributed by atoms with van der Waals surface area (Å²) >= 11 is 0. The van der Waals surface area contributed by atoms with Gasteiger partial charge in [-0.15, -0.1) is 0 Å². The van der Waals surface area contributed by atoms with Crippen molar-refractivity contribution in [2.45, 2.75) is 12.3 Å². The second kappa shape index (κ2) is 4.15. The van der Waals surface area contributed by atoms with E-state index >= 15 is 0 Å². The van der Waals surface area contributed by atoms with Crippen LogP contribution in [0.4, 0.5) is 26.3 Å². The maximum absolute atomic E-state index is 12.9. The van der Waals surface area contributed by atoms with Gasteiger partial charge in [-0.2, -0.15) is 8.78 Å². The molecule has 0 atom stereocenters. The molecule has 0 aliphatic carbocycles. The first-order valence-electron chi connectivity index (χ1n) is 3.92. The fourth-order valence-corrected chi connectivity index (χ4v) is 0.952. The molecule has 0 aliphatic rings. The molecule has 1 rings (SSSR count). The number of carbonyl (C=O) groups excluding carboxylic acids is 1. The van der Waals surface area contributed by atoms with Crippen molar-refractivity contribution >= 4 is 5.78 Å². The van der Waals surface area contributed by atoms with Crippen LogP contribution in [0.25, 0.3) is 0 Å². The lowest BCUT2D eigenvalue weighted by Crippen LogP contribution is -2.37. The van der Waals surface area contributed by atoms with E-state index in [1.54, 1.807) is 0 Å². The van der Waals surface area contributed by atoms with Crippen molar-refractivity contribution in [3.63, 3.8) is 0 Å². The molecular weight excluding hydrogens is 238 g/mol. The highest BCUT2D eigenvalue weighted by Gasteiger charge is 2.49. The van der Waals surface area contributed by atoms with E-state index in [-0.39, 0.29) is 6.07 Å². The number of hydrogen-bond acceptors (Lipinski definition) is 1. The maximum Gasteiger partial charge on any atom is 0.368 e. The van der Waals surface area contributed by atoms with E-state index in [0.29, 0.717) is 12.1 Å². The maximum atomic E-state index is 12.9. The number of alkyl halides is 4. The minimum atomic E-state index is -4.99. The first kappa shape index (κ1) is 12.5. The quantitative estimate of drug-likeness (QED) is 0.588. The van der Waals surface area contributed by atoms with Gasteiger partial charge in [0.05, 0.1) is 5.56 Å². The highest BCUT2D eigenvalue weighted by Crippen LogP contribution is 2.28. The lowest BCUT2D eigenvalue weighted by atomic mass is 10.1. The molecule has 0 aliphatic heterocycles. The summed E-state index contributed by atoms with van der Waals surface area (Å²) in [5, 5.41) is 0. The predicted octanol–water partition coefficient (Wildman–Crippen LogP) is 3.05. The highest BCUT2D eigenvalue weighted by atomic mass is 19.3. The minimum absolute atomic E-state index is 0.161. The van der Waals surface area contributed by atoms with Crippen LogP contribution in [0.1, 0.15) is 10.4 Å². The Morgan fingerprint density at radius 2 is 1.75 bits per heavy atom. The first-order chi connectivity index (χ1) is 7.26. The van der Waals surface area contributed by atoms with E-state index < -0.39 is 35.3 Å². The van der Waals surface area contributed by atoms with E-state index in [0.717, 1.165) is 0 Å². The van der Waals surface area contributed by atoms with Crippen molar-refractivity contribution < 1.29 is 31.1 Å². The van der Waals surface area contributed by atoms with Crippen LogP contribution < -0.4 is 0 Å². The molecule has 0 saturated heterocycles. The van der Waals surface area contributed by atoms with Crippen molar-refractivity contribution in [1.29, 1.82) is 0 Å². The molecule has 0 aromatic heterocycles. The summed E-state index contributed by atoms with van der Waals surface area (Å²) in [6, 6.07) is 1.08. The van der Waals surface area contributed by atoms with Crippen LogP contribution in [-0.4, -0.2) is 18.1 Å². The molecule has 0 saturated carbocycles. The molecular formula is C9H4F6O. The minimum Gasteiger partial charge on any atom is -0.287 e. The number of benzene rings is 1. The fourth-order valence-electron chi connectivity index (χ4n) is 0.952. The molecule has 1 aromatic rings. The first-order valence-corrected chi connectivity index (χ1v) is 3.92. The summed E-state index contributed by atoms with van der Waals surface area (Å²) in [5.41, 5.74) is -1.27. The molecule has 0 spiro atoms. The Morgan fingerprint density at radius 3 is 2.19 bits per heavy atom. The normalized spacial score (nSPS) is 11.9. The lowest BCUT2D eigenvalue weighted by Gasteiger charge is -2.13. The molecule has 0 heterocycles. The molecule has 0 N–H and O–H groups in total. The average Bonchev–Trinajstić information content (AvgIpc) is 2.16. The van der Waals surface area contributed by atoms with Gasteiger partial charge in [-0.1, -0.05) is 0 Å². The van der Waals surface area contributed by atoms with Gasteiger partial charge in [0, 0.05) is 6.07 Å². The third-order valence-electron chi connectivity index (χ3n) is 1.75. The van der Waals surface area contributed by atoms with E-state index in [2.05, 4.69) is 0 Å². The second-order valence-electron chi connectivity index (χ2n) is 2.88. The van der Waals surface area contributed by atoms with Crippen LogP contribution in [0.3, 0.4) is 0 Å². The molecule has 0 radical (unpaired) electrons. The van der Waals surface area contributed by atoms with Gasteiger partial charge in [0.1, 0.15) is 11.6 Å². The zero-order chi connectivity index (χ0) is 12.5. The van der Waals surface area contributed by atoms with E-state index in [1.807, 2.05) is 0 Å². The average molecular weight is 242 g/mol. The molecule has 0 bridgehead atoms. The SMILES string of the molecule is O=C(c1ccc(F)cc1F)C(F)(F)C(F)F. The third-order valence-corrected chi connectivity index (χ3v) is 1.75. The van der Waals surface area contributed by atoms with Gasteiger partial charge in [-0.3, -0.25) is 4.79 Å². The van der Waals surface area contributed by atoms with Crippen molar-refractivity contribution in [2.24, 2.45) is 0 Å². The molecule has 16 heavy (non-hydrogen) atoms. The Hall–Kier alpha value is -1.53. The van der Waals surface area contributed by atoms with Gasteiger partial charge in [0.25, 0.3) is 0 Å². The van der Waals surface area contributed by atoms with E-state index in [9.17, 15) is 31.1 Å². The van der Waals surface area contributed by atoms with Crippen LogP contribution >= 0.6 is 0 Å². The summed E-state index contributed by atoms with van der Waals surface area (Å²) in [7, 11) is 0. The zero-order valence-corrected chi connectivity index (χ0v) is 7.49. The standard InChI is InChI=1S/C9H4F6O/c10-4-1-2-5(6(11)3-4)7(16)9(14,15)8(12)13/h1-3,8H. The van der Waals surface area contributed by atoms with Crippen molar-refractivity contribution in [2.75, 3.05) is 0 Å². The topological polar surface area (TPSA) is 17.1 Å². The molecule has 88 valence electrons. The number of ketones is 1. The number of Topliss-reactive ketones (excluding diaryl/α,β-unsaturated/α-hetero) is 1. The monoisotopic (exact) mass is 242 g/mol. The highest BCUT2D eigenvalue weighted by molar-refractivity contribution is 6.01. The smallest absolute Gasteiger partial charge is 0.287 e. The Labute approximate surface area is 85.7 Å². The van der Waals surface area contributed by atoms with E-state index in [4.69, 9.17) is 0 Å². The molecule has 1 nitrogen and oxygen atoms in total. The fraction of sp³-hybridized carbons (Fsp3) is 0.222. The van der Waals surface area contributed by atoms with Crippen LogP contribution in [0.2, 0.25) is 0 Å². The molecule has 0 amide bonds. The molecule has 7 heteroatoms. The van der Waals surface area contributed by atoms with Crippen LogP contribution in [-0.2, 0) is 0 Å². The molecule has 0 unspecified atom stereocenters. The van der Waals surface area contributed by atoms with E-state index in [1.165, 1.54) is 0 Å². The van der Waals surface area contributed by atoms with Crippen molar-refractivity contribution in [3.05, 3.63) is 35.4 Å². The summed E-state index contributed by atoms with van der Waals surface area (Å²) < 4.78 is 73.9. The Morgan fingerprint density at radius 1 is 1.19 bits per heavy atom. The van der Waals surface area contributed by atoms with Gasteiger partial charge in [0.15, 0.2) is 0 Å². The third kappa shape index (κ3) is 2.17.